The highest BCUT2D eigenvalue weighted by molar-refractivity contribution is 6.33. The SMILES string of the molecule is CCN1CC(=O)Nc2cc(Nc3ncc(Cl)c(N(c4ccccc4)n4cc(OC)cn4)n3)c(OC)cc2C1. The number of halogens is 1. The molecule has 1 aliphatic rings. The summed E-state index contributed by atoms with van der Waals surface area (Å²) in [6, 6.07) is 13.3. The van der Waals surface area contributed by atoms with E-state index in [2.05, 4.69) is 25.6 Å². The lowest BCUT2D eigenvalue weighted by Crippen LogP contribution is -2.29. The zero-order valence-electron chi connectivity index (χ0n) is 21.2. The fraction of sp³-hybridized carbons (Fsp3) is 0.231. The van der Waals surface area contributed by atoms with E-state index in [1.54, 1.807) is 36.4 Å². The summed E-state index contributed by atoms with van der Waals surface area (Å²) in [5.41, 5.74) is 3.03. The van der Waals surface area contributed by atoms with E-state index in [-0.39, 0.29) is 11.9 Å². The van der Waals surface area contributed by atoms with E-state index in [1.807, 2.05) is 49.4 Å². The molecule has 5 rings (SSSR count). The van der Waals surface area contributed by atoms with Gasteiger partial charge in [-0.05, 0) is 36.4 Å². The van der Waals surface area contributed by atoms with Crippen molar-refractivity contribution in [2.75, 3.05) is 43.0 Å². The quantitative estimate of drug-likeness (QED) is 0.338. The van der Waals surface area contributed by atoms with E-state index in [4.69, 9.17) is 26.1 Å². The number of nitrogens with one attached hydrogen (secondary N) is 2. The first-order chi connectivity index (χ1) is 18.5. The summed E-state index contributed by atoms with van der Waals surface area (Å²) in [4.78, 5) is 25.2. The van der Waals surface area contributed by atoms with Crippen LogP contribution in [0.3, 0.4) is 0 Å². The van der Waals surface area contributed by atoms with Gasteiger partial charge in [-0.2, -0.15) is 14.9 Å². The molecule has 2 N–H and O–H groups in total. The lowest BCUT2D eigenvalue weighted by Gasteiger charge is -2.24. The Bertz CT molecular complexity index is 1450. The lowest BCUT2D eigenvalue weighted by atomic mass is 10.1. The van der Waals surface area contributed by atoms with Crippen molar-refractivity contribution in [2.24, 2.45) is 0 Å². The number of rotatable bonds is 8. The molecular weight excluding hydrogens is 508 g/mol. The molecule has 0 atom stereocenters. The zero-order chi connectivity index (χ0) is 26.6. The number of para-hydroxylation sites is 1. The third kappa shape index (κ3) is 5.20. The highest BCUT2D eigenvalue weighted by Gasteiger charge is 2.22. The van der Waals surface area contributed by atoms with E-state index < -0.39 is 0 Å². The van der Waals surface area contributed by atoms with Gasteiger partial charge in [-0.3, -0.25) is 9.69 Å². The number of ether oxygens (including phenoxy) is 2. The summed E-state index contributed by atoms with van der Waals surface area (Å²) >= 11 is 6.61. The number of carbonyl (C=O) groups excluding carboxylic acids is 1. The molecule has 2 aromatic carbocycles. The van der Waals surface area contributed by atoms with Gasteiger partial charge >= 0.3 is 0 Å². The van der Waals surface area contributed by atoms with Crippen LogP contribution in [-0.4, -0.2) is 58.0 Å². The second-order valence-corrected chi connectivity index (χ2v) is 8.91. The van der Waals surface area contributed by atoms with Crippen LogP contribution in [0.25, 0.3) is 0 Å². The molecule has 1 aliphatic heterocycles. The normalized spacial score (nSPS) is 13.3. The molecule has 1 amide bonds. The maximum atomic E-state index is 12.4. The number of hydrogen-bond donors (Lipinski definition) is 2. The first-order valence-electron chi connectivity index (χ1n) is 12.0. The molecule has 0 unspecified atom stereocenters. The monoisotopic (exact) mass is 534 g/mol. The van der Waals surface area contributed by atoms with Gasteiger partial charge in [-0.15, -0.1) is 0 Å². The minimum absolute atomic E-state index is 0.0695. The van der Waals surface area contributed by atoms with Crippen LogP contribution in [-0.2, 0) is 11.3 Å². The molecule has 0 saturated carbocycles. The Morgan fingerprint density at radius 3 is 2.66 bits per heavy atom. The van der Waals surface area contributed by atoms with Crippen LogP contribution >= 0.6 is 11.6 Å². The second kappa shape index (κ2) is 11.0. The third-order valence-electron chi connectivity index (χ3n) is 6.07. The van der Waals surface area contributed by atoms with Crippen molar-refractivity contribution < 1.29 is 14.3 Å². The van der Waals surface area contributed by atoms with Crippen molar-refractivity contribution in [2.45, 2.75) is 13.5 Å². The largest absolute Gasteiger partial charge is 0.495 e. The van der Waals surface area contributed by atoms with Gasteiger partial charge in [-0.1, -0.05) is 36.7 Å². The Morgan fingerprint density at radius 1 is 1.13 bits per heavy atom. The van der Waals surface area contributed by atoms with Crippen LogP contribution in [0.5, 0.6) is 11.5 Å². The number of nitrogens with zero attached hydrogens (tertiary/aromatic N) is 6. The van der Waals surface area contributed by atoms with Crippen LogP contribution in [0.1, 0.15) is 12.5 Å². The summed E-state index contributed by atoms with van der Waals surface area (Å²) in [6.45, 7) is 3.74. The number of amides is 1. The molecule has 0 fully saturated rings. The van der Waals surface area contributed by atoms with Crippen LogP contribution in [0.4, 0.5) is 28.8 Å². The molecule has 11 nitrogen and oxygen atoms in total. The van der Waals surface area contributed by atoms with Crippen molar-refractivity contribution in [3.63, 3.8) is 0 Å². The number of benzene rings is 2. The standard InChI is InChI=1S/C26H27ClN8O3/c1-4-33-14-17-10-23(38-3)22(11-21(17)30-24(36)16-33)31-26-28-13-20(27)25(32-26)35(18-8-6-5-7-9-18)34-15-19(37-2)12-29-34/h5-13,15H,4,14,16H2,1-3H3,(H,30,36)(H,28,31,32). The van der Waals surface area contributed by atoms with Gasteiger partial charge in [0.2, 0.25) is 11.9 Å². The number of carbonyl (C=O) groups is 1. The Balaban J connectivity index is 1.54. The molecule has 3 heterocycles. The molecular formula is C26H27ClN8O3. The molecule has 0 radical (unpaired) electrons. The van der Waals surface area contributed by atoms with Gasteiger partial charge in [0.15, 0.2) is 11.6 Å². The van der Waals surface area contributed by atoms with Crippen molar-refractivity contribution in [3.8, 4) is 11.5 Å². The van der Waals surface area contributed by atoms with Gasteiger partial charge in [0.05, 0.1) is 50.7 Å². The van der Waals surface area contributed by atoms with E-state index in [0.29, 0.717) is 46.8 Å². The highest BCUT2D eigenvalue weighted by Crippen LogP contribution is 2.36. The number of likely N-dealkylation sites (N-methyl/N-ethyl adjacent to an activating group) is 1. The maximum Gasteiger partial charge on any atom is 0.238 e. The summed E-state index contributed by atoms with van der Waals surface area (Å²) in [5, 5.41) is 12.7. The minimum Gasteiger partial charge on any atom is -0.495 e. The van der Waals surface area contributed by atoms with E-state index >= 15 is 0 Å². The minimum atomic E-state index is -0.0695. The summed E-state index contributed by atoms with van der Waals surface area (Å²) in [5.74, 6) is 1.76. The van der Waals surface area contributed by atoms with Crippen LogP contribution in [0.15, 0.2) is 61.1 Å². The Hall–Kier alpha value is -4.35. The number of aromatic nitrogens is 4. The second-order valence-electron chi connectivity index (χ2n) is 8.50. The number of hydrogen-bond acceptors (Lipinski definition) is 9. The molecule has 0 aliphatic carbocycles. The number of fused-ring (bicyclic) bond motifs is 1. The molecule has 196 valence electrons. The maximum absolute atomic E-state index is 12.4. The zero-order valence-corrected chi connectivity index (χ0v) is 21.9. The van der Waals surface area contributed by atoms with Gasteiger partial charge in [0, 0.05) is 12.2 Å². The third-order valence-corrected chi connectivity index (χ3v) is 6.33. The first kappa shape index (κ1) is 25.3. The number of methoxy groups -OCH3 is 2. The fourth-order valence-corrected chi connectivity index (χ4v) is 4.33. The molecule has 0 bridgehead atoms. The summed E-state index contributed by atoms with van der Waals surface area (Å²) in [6.07, 6.45) is 4.83. The topological polar surface area (TPSA) is 110 Å². The van der Waals surface area contributed by atoms with Crippen molar-refractivity contribution >= 4 is 46.3 Å². The average Bonchev–Trinajstić information content (AvgIpc) is 3.34. The van der Waals surface area contributed by atoms with Crippen LogP contribution in [0.2, 0.25) is 5.02 Å². The molecule has 0 spiro atoms. The Morgan fingerprint density at radius 2 is 1.95 bits per heavy atom. The van der Waals surface area contributed by atoms with Crippen molar-refractivity contribution in [1.82, 2.24) is 24.8 Å². The predicted octanol–water partition coefficient (Wildman–Crippen LogP) is 4.46. The Labute approximate surface area is 224 Å². The van der Waals surface area contributed by atoms with E-state index in [1.165, 1.54) is 6.20 Å². The predicted molar refractivity (Wildman–Crippen MR) is 146 cm³/mol. The van der Waals surface area contributed by atoms with Gasteiger partial charge in [0.25, 0.3) is 0 Å². The van der Waals surface area contributed by atoms with Gasteiger partial charge in [-0.25, -0.2) is 9.99 Å². The van der Waals surface area contributed by atoms with Crippen molar-refractivity contribution in [3.05, 3.63) is 71.6 Å². The van der Waals surface area contributed by atoms with Crippen molar-refractivity contribution in [1.29, 1.82) is 0 Å². The number of anilines is 5. The lowest BCUT2D eigenvalue weighted by molar-refractivity contribution is -0.117. The molecule has 12 heteroatoms. The average molecular weight is 535 g/mol. The van der Waals surface area contributed by atoms with Crippen LogP contribution in [0, 0.1) is 0 Å². The van der Waals surface area contributed by atoms with Crippen LogP contribution < -0.4 is 25.1 Å². The van der Waals surface area contributed by atoms with Gasteiger partial charge in [0.1, 0.15) is 10.8 Å². The van der Waals surface area contributed by atoms with Gasteiger partial charge < -0.3 is 20.1 Å². The molecule has 4 aromatic rings. The van der Waals surface area contributed by atoms with E-state index in [9.17, 15) is 4.79 Å². The highest BCUT2D eigenvalue weighted by atomic mass is 35.5. The molecule has 0 saturated heterocycles. The van der Waals surface area contributed by atoms with E-state index in [0.717, 1.165) is 17.8 Å². The summed E-state index contributed by atoms with van der Waals surface area (Å²) in [7, 11) is 3.17. The first-order valence-corrected chi connectivity index (χ1v) is 12.3. The molecule has 38 heavy (non-hydrogen) atoms. The Kier molecular flexibility index (Phi) is 7.29. The smallest absolute Gasteiger partial charge is 0.238 e. The summed E-state index contributed by atoms with van der Waals surface area (Å²) < 4.78 is 11.0. The molecule has 2 aromatic heterocycles. The fourth-order valence-electron chi connectivity index (χ4n) is 4.15.